The van der Waals surface area contributed by atoms with Crippen LogP contribution in [0.25, 0.3) is 0 Å². The molecule has 1 amide bonds. The number of fused-ring (bicyclic) bond motifs is 2. The number of ether oxygens (including phenoxy) is 2. The Kier molecular flexibility index (Phi) is 7.46. The van der Waals surface area contributed by atoms with Gasteiger partial charge in [0.05, 0.1) is 0 Å². The van der Waals surface area contributed by atoms with Gasteiger partial charge in [-0.1, -0.05) is 6.07 Å². The molecule has 1 saturated heterocycles. The summed E-state index contributed by atoms with van der Waals surface area (Å²) in [5, 5.41) is 3.35. The second kappa shape index (κ2) is 9.87. The molecule has 0 saturated carbocycles. The van der Waals surface area contributed by atoms with E-state index in [4.69, 9.17) is 9.47 Å². The van der Waals surface area contributed by atoms with Crippen LogP contribution in [0.3, 0.4) is 0 Å². The third-order valence-electron chi connectivity index (χ3n) is 5.64. The van der Waals surface area contributed by atoms with E-state index in [0.29, 0.717) is 12.5 Å². The minimum absolute atomic E-state index is 0. The van der Waals surface area contributed by atoms with Gasteiger partial charge in [-0.15, -0.1) is 24.8 Å². The summed E-state index contributed by atoms with van der Waals surface area (Å²) in [5.74, 6) is 2.69. The van der Waals surface area contributed by atoms with E-state index in [1.807, 2.05) is 23.2 Å². The fraction of sp³-hybridized carbons (Fsp3) is 0.500. The molecule has 1 aromatic carbocycles. The van der Waals surface area contributed by atoms with Gasteiger partial charge in [0.25, 0.3) is 5.91 Å². The number of nitrogens with zero attached hydrogens (tertiary/aromatic N) is 4. The summed E-state index contributed by atoms with van der Waals surface area (Å²) < 4.78 is 12.9. The number of imidazole rings is 1. The van der Waals surface area contributed by atoms with Crippen molar-refractivity contribution in [3.8, 4) is 11.5 Å². The Morgan fingerprint density at radius 1 is 1.03 bits per heavy atom. The molecule has 1 N–H and O–H groups in total. The Morgan fingerprint density at radius 3 is 2.67 bits per heavy atom. The van der Waals surface area contributed by atoms with Crippen LogP contribution < -0.4 is 14.8 Å². The zero-order chi connectivity index (χ0) is 18.9. The number of rotatable bonds is 3. The lowest BCUT2D eigenvalue weighted by Crippen LogP contribution is -2.48. The summed E-state index contributed by atoms with van der Waals surface area (Å²) in [6.45, 7) is 7.05. The van der Waals surface area contributed by atoms with E-state index in [2.05, 4.69) is 25.8 Å². The Morgan fingerprint density at radius 2 is 1.83 bits per heavy atom. The van der Waals surface area contributed by atoms with Gasteiger partial charge in [0.15, 0.2) is 11.5 Å². The molecule has 4 heterocycles. The van der Waals surface area contributed by atoms with Gasteiger partial charge >= 0.3 is 0 Å². The van der Waals surface area contributed by atoms with Crippen molar-refractivity contribution in [1.29, 1.82) is 0 Å². The SMILES string of the molecule is Cl.Cl.O=C(c1cn2c(n1)CCNCC2)N1CCN(Cc2ccc3c(c2)OCO3)CC1. The largest absolute Gasteiger partial charge is 0.454 e. The van der Waals surface area contributed by atoms with Crippen LogP contribution in [0.1, 0.15) is 21.9 Å². The van der Waals surface area contributed by atoms with E-state index >= 15 is 0 Å². The molecule has 0 radical (unpaired) electrons. The van der Waals surface area contributed by atoms with Gasteiger partial charge in [0, 0.05) is 65.0 Å². The number of hydrogen-bond donors (Lipinski definition) is 1. The van der Waals surface area contributed by atoms with Gasteiger partial charge in [0.1, 0.15) is 11.5 Å². The minimum Gasteiger partial charge on any atom is -0.454 e. The molecule has 2 aromatic rings. The summed E-state index contributed by atoms with van der Waals surface area (Å²) in [7, 11) is 0. The van der Waals surface area contributed by atoms with Gasteiger partial charge < -0.3 is 24.3 Å². The van der Waals surface area contributed by atoms with Crippen LogP contribution in [0.15, 0.2) is 24.4 Å². The van der Waals surface area contributed by atoms with Crippen molar-refractivity contribution in [2.75, 3.05) is 46.1 Å². The monoisotopic (exact) mass is 455 g/mol. The topological polar surface area (TPSA) is 71.9 Å². The summed E-state index contributed by atoms with van der Waals surface area (Å²) in [5.41, 5.74) is 1.79. The summed E-state index contributed by atoms with van der Waals surface area (Å²) >= 11 is 0. The van der Waals surface area contributed by atoms with Gasteiger partial charge in [-0.05, 0) is 17.7 Å². The standard InChI is InChI=1S/C20H25N5O3.2ClH/c26-20(16-13-25-6-5-21-4-3-19(25)22-16)24-9-7-23(8-10-24)12-15-1-2-17-18(11-15)28-14-27-17;;/h1-2,11,13,21H,3-10,12,14H2;2*1H. The summed E-state index contributed by atoms with van der Waals surface area (Å²) in [6.07, 6.45) is 2.79. The van der Waals surface area contributed by atoms with Crippen LogP contribution in [0.2, 0.25) is 0 Å². The number of carbonyl (C=O) groups excluding carboxylic acids is 1. The molecule has 0 aliphatic carbocycles. The highest BCUT2D eigenvalue weighted by Crippen LogP contribution is 2.32. The second-order valence-electron chi connectivity index (χ2n) is 7.49. The molecule has 3 aliphatic heterocycles. The third-order valence-corrected chi connectivity index (χ3v) is 5.64. The van der Waals surface area contributed by atoms with Crippen molar-refractivity contribution >= 4 is 30.7 Å². The maximum absolute atomic E-state index is 12.9. The van der Waals surface area contributed by atoms with Crippen molar-refractivity contribution < 1.29 is 14.3 Å². The summed E-state index contributed by atoms with van der Waals surface area (Å²) in [6, 6.07) is 6.10. The number of nitrogens with one attached hydrogen (secondary N) is 1. The molecule has 0 unspecified atom stereocenters. The minimum atomic E-state index is 0. The lowest BCUT2D eigenvalue weighted by atomic mass is 10.1. The van der Waals surface area contributed by atoms with Crippen LogP contribution in [0.4, 0.5) is 0 Å². The molecule has 0 bridgehead atoms. The molecule has 5 rings (SSSR count). The average Bonchev–Trinajstić information content (AvgIpc) is 3.29. The highest BCUT2D eigenvalue weighted by atomic mass is 35.5. The number of benzene rings is 1. The van der Waals surface area contributed by atoms with E-state index < -0.39 is 0 Å². The maximum Gasteiger partial charge on any atom is 0.274 e. The quantitative estimate of drug-likeness (QED) is 0.756. The summed E-state index contributed by atoms with van der Waals surface area (Å²) in [4.78, 5) is 21.8. The zero-order valence-electron chi connectivity index (χ0n) is 16.7. The Hall–Kier alpha value is -2.00. The van der Waals surface area contributed by atoms with Crippen molar-refractivity contribution in [3.05, 3.63) is 41.5 Å². The molecule has 0 atom stereocenters. The molecule has 10 heteroatoms. The van der Waals surface area contributed by atoms with E-state index in [1.54, 1.807) is 0 Å². The lowest BCUT2D eigenvalue weighted by molar-refractivity contribution is 0.0623. The highest BCUT2D eigenvalue weighted by Gasteiger charge is 2.25. The van der Waals surface area contributed by atoms with E-state index in [9.17, 15) is 4.79 Å². The van der Waals surface area contributed by atoms with Crippen molar-refractivity contribution in [1.82, 2.24) is 24.7 Å². The number of carbonyl (C=O) groups is 1. The molecule has 1 aromatic heterocycles. The molecule has 0 spiro atoms. The highest BCUT2D eigenvalue weighted by molar-refractivity contribution is 5.92. The number of amides is 1. The lowest BCUT2D eigenvalue weighted by Gasteiger charge is -2.34. The van der Waals surface area contributed by atoms with Crippen LogP contribution in [0.5, 0.6) is 11.5 Å². The Bertz CT molecular complexity index is 860. The first-order valence-corrected chi connectivity index (χ1v) is 9.93. The fourth-order valence-corrected chi connectivity index (χ4v) is 4.04. The number of hydrogen-bond acceptors (Lipinski definition) is 6. The van der Waals surface area contributed by atoms with E-state index in [-0.39, 0.29) is 30.7 Å². The van der Waals surface area contributed by atoms with Gasteiger partial charge in [-0.2, -0.15) is 0 Å². The third kappa shape index (κ3) is 4.67. The first-order chi connectivity index (χ1) is 13.8. The first kappa shape index (κ1) is 22.7. The predicted octanol–water partition coefficient (Wildman–Crippen LogP) is 1.56. The zero-order valence-corrected chi connectivity index (χ0v) is 18.3. The predicted molar refractivity (Wildman–Crippen MR) is 117 cm³/mol. The molecule has 164 valence electrons. The number of aromatic nitrogens is 2. The molecular formula is C20H27Cl2N5O3. The van der Waals surface area contributed by atoms with Crippen LogP contribution in [0, 0.1) is 0 Å². The Labute approximate surface area is 188 Å². The second-order valence-corrected chi connectivity index (χ2v) is 7.49. The van der Waals surface area contributed by atoms with Crippen molar-refractivity contribution in [2.45, 2.75) is 19.5 Å². The number of piperazine rings is 1. The van der Waals surface area contributed by atoms with Gasteiger partial charge in [0.2, 0.25) is 6.79 Å². The van der Waals surface area contributed by atoms with Crippen molar-refractivity contribution in [3.63, 3.8) is 0 Å². The normalized spacial score (nSPS) is 18.1. The van der Waals surface area contributed by atoms with Gasteiger partial charge in [-0.25, -0.2) is 4.98 Å². The molecule has 8 nitrogen and oxygen atoms in total. The average molecular weight is 456 g/mol. The van der Waals surface area contributed by atoms with Gasteiger partial charge in [-0.3, -0.25) is 9.69 Å². The first-order valence-electron chi connectivity index (χ1n) is 9.93. The molecular weight excluding hydrogens is 429 g/mol. The fourth-order valence-electron chi connectivity index (χ4n) is 4.04. The van der Waals surface area contributed by atoms with Crippen LogP contribution in [-0.4, -0.2) is 71.3 Å². The van der Waals surface area contributed by atoms with Crippen LogP contribution >= 0.6 is 24.8 Å². The van der Waals surface area contributed by atoms with Crippen LogP contribution in [-0.2, 0) is 19.5 Å². The molecule has 1 fully saturated rings. The van der Waals surface area contributed by atoms with Crippen molar-refractivity contribution in [2.24, 2.45) is 0 Å². The number of halogens is 2. The molecule has 3 aliphatic rings. The smallest absolute Gasteiger partial charge is 0.274 e. The molecule has 30 heavy (non-hydrogen) atoms. The maximum atomic E-state index is 12.9. The van der Waals surface area contributed by atoms with E-state index in [0.717, 1.165) is 76.1 Å². The van der Waals surface area contributed by atoms with E-state index in [1.165, 1.54) is 5.56 Å². The Balaban J connectivity index is 0.00000128.